The third-order valence-corrected chi connectivity index (χ3v) is 1.78. The molecule has 0 amide bonds. The third kappa shape index (κ3) is 1.69. The van der Waals surface area contributed by atoms with E-state index in [2.05, 4.69) is 22.0 Å². The number of hydrogen-bond acceptors (Lipinski definition) is 3. The lowest BCUT2D eigenvalue weighted by molar-refractivity contribution is 0.583. The van der Waals surface area contributed by atoms with Crippen LogP contribution in [0.2, 0.25) is 0 Å². The highest BCUT2D eigenvalue weighted by Gasteiger charge is 2.02. The van der Waals surface area contributed by atoms with Gasteiger partial charge in [-0.3, -0.25) is 0 Å². The van der Waals surface area contributed by atoms with Crippen molar-refractivity contribution in [3.05, 3.63) is 43.0 Å². The Labute approximate surface area is 81.9 Å². The summed E-state index contributed by atoms with van der Waals surface area (Å²) in [4.78, 5) is 1.51. The van der Waals surface area contributed by atoms with Gasteiger partial charge >= 0.3 is 0 Å². The number of tetrazole rings is 1. The van der Waals surface area contributed by atoms with Gasteiger partial charge in [0.1, 0.15) is 0 Å². The first kappa shape index (κ1) is 8.62. The van der Waals surface area contributed by atoms with Crippen molar-refractivity contribution < 1.29 is 0 Å². The lowest BCUT2D eigenvalue weighted by Crippen LogP contribution is -1.99. The summed E-state index contributed by atoms with van der Waals surface area (Å²) in [6.07, 6.45) is 1.73. The summed E-state index contributed by atoms with van der Waals surface area (Å²) in [6.45, 7) is 4.19. The van der Waals surface area contributed by atoms with E-state index in [-0.39, 0.29) is 0 Å². The molecule has 0 aliphatic heterocycles. The molecule has 0 fully saturated rings. The molecule has 0 aliphatic rings. The standard InChI is InChI=1S/C10H10N4/c1-2-8-14-12-10(11-13-14)9-6-4-3-5-7-9/h2-7H,1,8H2. The quantitative estimate of drug-likeness (QED) is 0.683. The van der Waals surface area contributed by atoms with Crippen LogP contribution in [0.4, 0.5) is 0 Å². The number of hydrogen-bond donors (Lipinski definition) is 0. The smallest absolute Gasteiger partial charge is 0.160 e. The summed E-state index contributed by atoms with van der Waals surface area (Å²) < 4.78 is 0. The van der Waals surface area contributed by atoms with E-state index in [0.717, 1.165) is 5.56 Å². The fourth-order valence-corrected chi connectivity index (χ4v) is 1.14. The molecular formula is C10H10N4. The minimum atomic E-state index is 0.583. The summed E-state index contributed by atoms with van der Waals surface area (Å²) in [5.41, 5.74) is 0.975. The SMILES string of the molecule is C=CCn1nnc(-c2ccccc2)n1. The Kier molecular flexibility index (Phi) is 2.36. The van der Waals surface area contributed by atoms with Crippen molar-refractivity contribution in [2.75, 3.05) is 0 Å². The molecule has 0 unspecified atom stereocenters. The second-order valence-corrected chi connectivity index (χ2v) is 2.82. The van der Waals surface area contributed by atoms with Crippen LogP contribution < -0.4 is 0 Å². The van der Waals surface area contributed by atoms with Crippen LogP contribution in [0.25, 0.3) is 11.4 Å². The van der Waals surface area contributed by atoms with Crippen LogP contribution >= 0.6 is 0 Å². The molecule has 2 aromatic rings. The van der Waals surface area contributed by atoms with E-state index in [4.69, 9.17) is 0 Å². The van der Waals surface area contributed by atoms with Gasteiger partial charge in [0.25, 0.3) is 0 Å². The molecule has 0 spiro atoms. The van der Waals surface area contributed by atoms with Crippen LogP contribution in [0.3, 0.4) is 0 Å². The highest BCUT2D eigenvalue weighted by Crippen LogP contribution is 2.11. The third-order valence-electron chi connectivity index (χ3n) is 1.78. The van der Waals surface area contributed by atoms with Gasteiger partial charge in [-0.2, -0.15) is 4.80 Å². The van der Waals surface area contributed by atoms with Crippen molar-refractivity contribution in [2.45, 2.75) is 6.54 Å². The largest absolute Gasteiger partial charge is 0.204 e. The average molecular weight is 186 g/mol. The van der Waals surface area contributed by atoms with Gasteiger partial charge in [0, 0.05) is 5.56 Å². The fraction of sp³-hybridized carbons (Fsp3) is 0.100. The Morgan fingerprint density at radius 1 is 1.29 bits per heavy atom. The number of benzene rings is 1. The van der Waals surface area contributed by atoms with Crippen LogP contribution in [-0.2, 0) is 6.54 Å². The minimum Gasteiger partial charge on any atom is -0.160 e. The van der Waals surface area contributed by atoms with Crippen LogP contribution in [0.5, 0.6) is 0 Å². The maximum atomic E-state index is 4.19. The van der Waals surface area contributed by atoms with Crippen molar-refractivity contribution >= 4 is 0 Å². The first-order valence-electron chi connectivity index (χ1n) is 4.34. The van der Waals surface area contributed by atoms with Gasteiger partial charge in [-0.1, -0.05) is 36.4 Å². The van der Waals surface area contributed by atoms with Crippen molar-refractivity contribution in [1.82, 2.24) is 20.2 Å². The summed E-state index contributed by atoms with van der Waals surface area (Å²) >= 11 is 0. The summed E-state index contributed by atoms with van der Waals surface area (Å²) in [7, 11) is 0. The van der Waals surface area contributed by atoms with E-state index < -0.39 is 0 Å². The maximum Gasteiger partial charge on any atom is 0.204 e. The molecule has 0 saturated heterocycles. The summed E-state index contributed by atoms with van der Waals surface area (Å²) in [6, 6.07) is 9.76. The first-order chi connectivity index (χ1) is 6.90. The topological polar surface area (TPSA) is 43.6 Å². The van der Waals surface area contributed by atoms with E-state index in [0.29, 0.717) is 12.4 Å². The molecule has 4 nitrogen and oxygen atoms in total. The molecule has 70 valence electrons. The Morgan fingerprint density at radius 2 is 2.07 bits per heavy atom. The number of allylic oxidation sites excluding steroid dienone is 1. The van der Waals surface area contributed by atoms with Gasteiger partial charge in [-0.05, 0) is 5.21 Å². The van der Waals surface area contributed by atoms with E-state index in [1.54, 1.807) is 6.08 Å². The Morgan fingerprint density at radius 3 is 2.79 bits per heavy atom. The first-order valence-corrected chi connectivity index (χ1v) is 4.34. The van der Waals surface area contributed by atoms with E-state index >= 15 is 0 Å². The number of aromatic nitrogens is 4. The molecule has 0 N–H and O–H groups in total. The molecule has 2 rings (SSSR count). The number of rotatable bonds is 3. The van der Waals surface area contributed by atoms with Gasteiger partial charge in [-0.15, -0.1) is 16.8 Å². The number of nitrogens with zero attached hydrogens (tertiary/aromatic N) is 4. The Hall–Kier alpha value is -1.97. The zero-order valence-electron chi connectivity index (χ0n) is 7.67. The van der Waals surface area contributed by atoms with E-state index in [1.807, 2.05) is 30.3 Å². The lowest BCUT2D eigenvalue weighted by Gasteiger charge is -1.91. The van der Waals surface area contributed by atoms with Gasteiger partial charge in [-0.25, -0.2) is 0 Å². The van der Waals surface area contributed by atoms with Crippen molar-refractivity contribution in [3.8, 4) is 11.4 Å². The summed E-state index contributed by atoms with van der Waals surface area (Å²) in [5.74, 6) is 0.646. The molecular weight excluding hydrogens is 176 g/mol. The molecule has 0 atom stereocenters. The predicted molar refractivity (Wildman–Crippen MR) is 53.5 cm³/mol. The molecule has 14 heavy (non-hydrogen) atoms. The molecule has 4 heteroatoms. The Balaban J connectivity index is 2.29. The monoisotopic (exact) mass is 186 g/mol. The molecule has 0 radical (unpaired) electrons. The maximum absolute atomic E-state index is 4.19. The van der Waals surface area contributed by atoms with Crippen LogP contribution in [0, 0.1) is 0 Å². The fourth-order valence-electron chi connectivity index (χ4n) is 1.14. The van der Waals surface area contributed by atoms with Crippen LogP contribution in [-0.4, -0.2) is 20.2 Å². The van der Waals surface area contributed by atoms with Crippen LogP contribution in [0.15, 0.2) is 43.0 Å². The minimum absolute atomic E-state index is 0.583. The Bertz CT molecular complexity index is 419. The lowest BCUT2D eigenvalue weighted by atomic mass is 10.2. The second kappa shape index (κ2) is 3.83. The van der Waals surface area contributed by atoms with E-state index in [9.17, 15) is 0 Å². The van der Waals surface area contributed by atoms with Crippen LogP contribution in [0.1, 0.15) is 0 Å². The average Bonchev–Trinajstić information content (AvgIpc) is 2.68. The van der Waals surface area contributed by atoms with E-state index in [1.165, 1.54) is 4.80 Å². The van der Waals surface area contributed by atoms with Gasteiger partial charge in [0.2, 0.25) is 5.82 Å². The zero-order chi connectivity index (χ0) is 9.80. The normalized spacial score (nSPS) is 10.0. The highest BCUT2D eigenvalue weighted by atomic mass is 15.6. The van der Waals surface area contributed by atoms with Crippen molar-refractivity contribution in [3.63, 3.8) is 0 Å². The zero-order valence-corrected chi connectivity index (χ0v) is 7.67. The van der Waals surface area contributed by atoms with Gasteiger partial charge in [0.05, 0.1) is 6.54 Å². The van der Waals surface area contributed by atoms with Crippen molar-refractivity contribution in [1.29, 1.82) is 0 Å². The molecule has 0 aliphatic carbocycles. The second-order valence-electron chi connectivity index (χ2n) is 2.82. The highest BCUT2D eigenvalue weighted by molar-refractivity contribution is 5.52. The molecule has 1 heterocycles. The van der Waals surface area contributed by atoms with Gasteiger partial charge in [0.15, 0.2) is 0 Å². The van der Waals surface area contributed by atoms with Crippen molar-refractivity contribution in [2.24, 2.45) is 0 Å². The van der Waals surface area contributed by atoms with Gasteiger partial charge < -0.3 is 0 Å². The predicted octanol–water partition coefficient (Wildman–Crippen LogP) is 1.53. The molecule has 0 saturated carbocycles. The molecule has 1 aromatic heterocycles. The molecule has 0 bridgehead atoms. The molecule has 1 aromatic carbocycles. The summed E-state index contributed by atoms with van der Waals surface area (Å²) in [5, 5.41) is 12.0.